The van der Waals surface area contributed by atoms with Gasteiger partial charge >= 0.3 is 0 Å². The Labute approximate surface area is 36.9 Å². The van der Waals surface area contributed by atoms with E-state index in [0.717, 1.165) is 11.5 Å². The summed E-state index contributed by atoms with van der Waals surface area (Å²) in [5.41, 5.74) is 0. The summed E-state index contributed by atoms with van der Waals surface area (Å²) >= 11 is 0. The number of rotatable bonds is 0. The van der Waals surface area contributed by atoms with Gasteiger partial charge < -0.3 is 4.74 Å². The molecule has 32 valence electrons. The second-order valence-corrected chi connectivity index (χ2v) is 1.32. The first-order chi connectivity index (χ1) is 2.79. The van der Waals surface area contributed by atoms with Gasteiger partial charge in [-0.15, -0.1) is 0 Å². The minimum Gasteiger partial charge on any atom is -0.462 e. The van der Waals surface area contributed by atoms with Crippen LogP contribution in [0.3, 0.4) is 0 Å². The van der Waals surface area contributed by atoms with Crippen molar-refractivity contribution in [3.8, 4) is 0 Å². The van der Waals surface area contributed by atoms with Crippen LogP contribution in [0.15, 0.2) is 24.2 Å². The molecule has 0 aliphatic carbocycles. The quantitative estimate of drug-likeness (QED) is 0.429. The number of hydrogen-bond donors (Lipinski definition) is 0. The Bertz CT molecular complexity index is 111. The first kappa shape index (κ1) is 3.47. The molecule has 1 rings (SSSR count). The van der Waals surface area contributed by atoms with Crippen LogP contribution in [-0.2, 0) is 4.74 Å². The molecule has 1 aliphatic rings. The summed E-state index contributed by atoms with van der Waals surface area (Å²) < 4.78 is 4.81. The van der Waals surface area contributed by atoms with Gasteiger partial charge in [0.25, 0.3) is 0 Å². The second-order valence-electron chi connectivity index (χ2n) is 1.32. The molecule has 1 aliphatic heterocycles. The van der Waals surface area contributed by atoms with E-state index in [9.17, 15) is 0 Å². The van der Waals surface area contributed by atoms with Crippen molar-refractivity contribution < 1.29 is 4.74 Å². The highest BCUT2D eigenvalue weighted by molar-refractivity contribution is 5.21. The Balaban J connectivity index is 2.68. The van der Waals surface area contributed by atoms with E-state index in [2.05, 4.69) is 6.58 Å². The molecule has 0 spiro atoms. The first-order valence-corrected chi connectivity index (χ1v) is 1.84. The summed E-state index contributed by atoms with van der Waals surface area (Å²) in [7, 11) is 0. The summed E-state index contributed by atoms with van der Waals surface area (Å²) in [6.45, 7) is 5.41. The van der Waals surface area contributed by atoms with Gasteiger partial charge in [-0.3, -0.25) is 0 Å². The van der Waals surface area contributed by atoms with Gasteiger partial charge in [-0.2, -0.15) is 0 Å². The maximum Gasteiger partial charge on any atom is 0.123 e. The Kier molecular flexibility index (Phi) is 0.502. The van der Waals surface area contributed by atoms with E-state index in [-0.39, 0.29) is 0 Å². The SMILES string of the molecule is C=C1C=C(C)O1. The molecule has 6 heavy (non-hydrogen) atoms. The van der Waals surface area contributed by atoms with Gasteiger partial charge in [0.1, 0.15) is 11.5 Å². The Morgan fingerprint density at radius 2 is 2.33 bits per heavy atom. The largest absolute Gasteiger partial charge is 0.462 e. The third-order valence-electron chi connectivity index (χ3n) is 0.656. The highest BCUT2D eigenvalue weighted by Gasteiger charge is 2.02. The van der Waals surface area contributed by atoms with Crippen LogP contribution < -0.4 is 0 Å². The lowest BCUT2D eigenvalue weighted by molar-refractivity contribution is 0.279. The molecule has 0 N–H and O–H groups in total. The first-order valence-electron chi connectivity index (χ1n) is 1.84. The molecule has 0 radical (unpaired) electrons. The smallest absolute Gasteiger partial charge is 0.123 e. The van der Waals surface area contributed by atoms with Crippen LogP contribution in [-0.4, -0.2) is 0 Å². The van der Waals surface area contributed by atoms with Crippen LogP contribution in [0.4, 0.5) is 0 Å². The van der Waals surface area contributed by atoms with E-state index in [4.69, 9.17) is 4.74 Å². The Morgan fingerprint density at radius 1 is 1.83 bits per heavy atom. The normalized spacial score (nSPS) is 18.2. The minimum absolute atomic E-state index is 0.771. The van der Waals surface area contributed by atoms with Crippen molar-refractivity contribution in [2.45, 2.75) is 6.92 Å². The van der Waals surface area contributed by atoms with Gasteiger partial charge in [0.05, 0.1) is 0 Å². The highest BCUT2D eigenvalue weighted by Crippen LogP contribution is 2.16. The third-order valence-corrected chi connectivity index (χ3v) is 0.656. The number of allylic oxidation sites excluding steroid dienone is 2. The van der Waals surface area contributed by atoms with Crippen molar-refractivity contribution >= 4 is 0 Å². The van der Waals surface area contributed by atoms with Gasteiger partial charge in [-0.1, -0.05) is 6.58 Å². The predicted octanol–water partition coefficient (Wildman–Crippen LogP) is 1.43. The number of hydrogen-bond acceptors (Lipinski definition) is 1. The lowest BCUT2D eigenvalue weighted by Crippen LogP contribution is -1.95. The summed E-state index contributed by atoms with van der Waals surface area (Å²) in [4.78, 5) is 0. The Hall–Kier alpha value is -0.720. The average Bonchev–Trinajstić information content (AvgIpc) is 1.33. The van der Waals surface area contributed by atoms with Gasteiger partial charge in [-0.25, -0.2) is 0 Å². The van der Waals surface area contributed by atoms with E-state index >= 15 is 0 Å². The molecular weight excluding hydrogens is 76.1 g/mol. The van der Waals surface area contributed by atoms with Crippen molar-refractivity contribution in [2.24, 2.45) is 0 Å². The molecule has 0 amide bonds. The van der Waals surface area contributed by atoms with Gasteiger partial charge in [0, 0.05) is 6.08 Å². The molecule has 1 heteroatoms. The molecule has 0 aromatic heterocycles. The maximum atomic E-state index is 4.81. The van der Waals surface area contributed by atoms with Gasteiger partial charge in [-0.05, 0) is 6.92 Å². The highest BCUT2D eigenvalue weighted by atomic mass is 16.5. The molecule has 0 fully saturated rings. The zero-order chi connectivity index (χ0) is 4.57. The van der Waals surface area contributed by atoms with Crippen LogP contribution in [0.5, 0.6) is 0 Å². The van der Waals surface area contributed by atoms with Crippen molar-refractivity contribution in [3.05, 3.63) is 24.2 Å². The summed E-state index contributed by atoms with van der Waals surface area (Å²) in [6, 6.07) is 0. The topological polar surface area (TPSA) is 9.23 Å². The summed E-state index contributed by atoms with van der Waals surface area (Å²) in [5, 5.41) is 0. The lowest BCUT2D eigenvalue weighted by atomic mass is 10.3. The molecule has 0 saturated carbocycles. The molecule has 0 aromatic carbocycles. The van der Waals surface area contributed by atoms with Gasteiger partial charge in [0.2, 0.25) is 0 Å². The minimum atomic E-state index is 0.771. The van der Waals surface area contributed by atoms with Crippen LogP contribution in [0.25, 0.3) is 0 Å². The zero-order valence-corrected chi connectivity index (χ0v) is 3.69. The molecule has 0 bridgehead atoms. The fraction of sp³-hybridized carbons (Fsp3) is 0.200. The Morgan fingerprint density at radius 3 is 2.33 bits per heavy atom. The van der Waals surface area contributed by atoms with Crippen LogP contribution in [0, 0.1) is 0 Å². The standard InChI is InChI=1S/C5H6O/c1-4-3-5(2)6-4/h3H,1H2,2H3. The molecule has 1 heterocycles. The molecule has 0 unspecified atom stereocenters. The summed E-state index contributed by atoms with van der Waals surface area (Å²) in [5.74, 6) is 1.73. The maximum absolute atomic E-state index is 4.81. The second kappa shape index (κ2) is 0.869. The van der Waals surface area contributed by atoms with Crippen molar-refractivity contribution in [1.29, 1.82) is 0 Å². The lowest BCUT2D eigenvalue weighted by Gasteiger charge is -2.12. The van der Waals surface area contributed by atoms with Crippen molar-refractivity contribution in [2.75, 3.05) is 0 Å². The van der Waals surface area contributed by atoms with E-state index in [1.165, 1.54) is 0 Å². The molecular formula is C5H6O. The fourth-order valence-corrected chi connectivity index (χ4v) is 0.434. The molecule has 0 aromatic rings. The molecule has 1 nitrogen and oxygen atoms in total. The average molecular weight is 82.1 g/mol. The fourth-order valence-electron chi connectivity index (χ4n) is 0.434. The monoisotopic (exact) mass is 82.0 g/mol. The molecule has 0 atom stereocenters. The zero-order valence-electron chi connectivity index (χ0n) is 3.69. The van der Waals surface area contributed by atoms with Crippen molar-refractivity contribution in [1.82, 2.24) is 0 Å². The summed E-state index contributed by atoms with van der Waals surface area (Å²) in [6.07, 6.45) is 1.89. The van der Waals surface area contributed by atoms with Crippen LogP contribution in [0.1, 0.15) is 6.92 Å². The molecule has 0 saturated heterocycles. The van der Waals surface area contributed by atoms with Gasteiger partial charge in [0.15, 0.2) is 0 Å². The van der Waals surface area contributed by atoms with E-state index in [1.54, 1.807) is 0 Å². The van der Waals surface area contributed by atoms with Crippen molar-refractivity contribution in [3.63, 3.8) is 0 Å². The predicted molar refractivity (Wildman–Crippen MR) is 24.0 cm³/mol. The van der Waals surface area contributed by atoms with Crippen LogP contribution >= 0.6 is 0 Å². The third kappa shape index (κ3) is 0.322. The van der Waals surface area contributed by atoms with E-state index in [0.29, 0.717) is 0 Å². The van der Waals surface area contributed by atoms with E-state index in [1.807, 2.05) is 13.0 Å². The van der Waals surface area contributed by atoms with Crippen LogP contribution in [0.2, 0.25) is 0 Å². The van der Waals surface area contributed by atoms with E-state index < -0.39 is 0 Å². The number of ether oxygens (including phenoxy) is 1.